The number of methoxy groups -OCH3 is 1. The molecule has 4 rings (SSSR count). The van der Waals surface area contributed by atoms with Crippen molar-refractivity contribution in [2.45, 2.75) is 37.8 Å². The van der Waals surface area contributed by atoms with Crippen LogP contribution >= 0.6 is 0 Å². The quantitative estimate of drug-likeness (QED) is 0.308. The van der Waals surface area contributed by atoms with Gasteiger partial charge in [0.25, 0.3) is 11.8 Å². The second kappa shape index (κ2) is 12.4. The number of anilines is 2. The molecule has 2 aromatic rings. The molecule has 14 heteroatoms. The number of ether oxygens (including phenoxy) is 1. The minimum absolute atomic E-state index is 0.268. The van der Waals surface area contributed by atoms with Crippen LogP contribution in [0.2, 0.25) is 0 Å². The largest absolute Gasteiger partial charge is 0.481 e. The Morgan fingerprint density at radius 1 is 0.767 bits per heavy atom. The highest BCUT2D eigenvalue weighted by Gasteiger charge is 2.53. The van der Waals surface area contributed by atoms with Gasteiger partial charge in [0.1, 0.15) is 0 Å². The number of nitrogens with one attached hydrogen (secondary N) is 4. The Morgan fingerprint density at radius 3 is 1.51 bits per heavy atom. The van der Waals surface area contributed by atoms with E-state index in [0.29, 0.717) is 22.5 Å². The summed E-state index contributed by atoms with van der Waals surface area (Å²) in [6.07, 6.45) is -0.782. The third-order valence-electron chi connectivity index (χ3n) is 7.45. The summed E-state index contributed by atoms with van der Waals surface area (Å²) in [6, 6.07) is 9.55. The van der Waals surface area contributed by atoms with E-state index in [4.69, 9.17) is 9.84 Å². The van der Waals surface area contributed by atoms with Crippen molar-refractivity contribution in [2.24, 2.45) is 0 Å². The zero-order valence-corrected chi connectivity index (χ0v) is 25.1. The fourth-order valence-electron chi connectivity index (χ4n) is 5.28. The van der Waals surface area contributed by atoms with Gasteiger partial charge in [0, 0.05) is 50.7 Å². The maximum atomic E-state index is 12.8. The lowest BCUT2D eigenvalue weighted by Crippen LogP contribution is -2.55. The molecule has 0 aromatic heterocycles. The standard InChI is InChI=1S/C15H19N3O4.C14H17N3O4/c1-9-5-6-10-11(7-9)18(3)13(20)15(10,8-12(19)22-4)17-14(21)16-2;1-8-4-5-9-10(6-8)17(3)12(20)14(9,7-11(18)19)16-13(21)15-2/h5-7H,8H2,1-4H3,(H2,16,17,21);4-6H,7H2,1-3H3,(H,18,19)(H2,15,16,21). The first-order valence-electron chi connectivity index (χ1n) is 13.2. The molecule has 0 fully saturated rings. The highest BCUT2D eigenvalue weighted by Crippen LogP contribution is 2.43. The molecule has 5 N–H and O–H groups in total. The summed E-state index contributed by atoms with van der Waals surface area (Å²) < 4.78 is 4.69. The molecule has 2 aromatic carbocycles. The van der Waals surface area contributed by atoms with E-state index in [1.807, 2.05) is 26.0 Å². The Morgan fingerprint density at radius 2 is 1.16 bits per heavy atom. The molecule has 0 aliphatic carbocycles. The molecular weight excluding hydrogens is 560 g/mol. The van der Waals surface area contributed by atoms with E-state index in [-0.39, 0.29) is 12.3 Å². The van der Waals surface area contributed by atoms with Crippen LogP contribution in [0.15, 0.2) is 36.4 Å². The van der Waals surface area contributed by atoms with E-state index in [1.54, 1.807) is 38.4 Å². The number of likely N-dealkylation sites (N-methyl/N-ethyl adjacent to an activating group) is 2. The van der Waals surface area contributed by atoms with Gasteiger partial charge in [-0.3, -0.25) is 19.2 Å². The Balaban J connectivity index is 0.000000236. The van der Waals surface area contributed by atoms with Crippen LogP contribution in [0.3, 0.4) is 0 Å². The van der Waals surface area contributed by atoms with Gasteiger partial charge in [-0.05, 0) is 37.1 Å². The van der Waals surface area contributed by atoms with Gasteiger partial charge in [-0.15, -0.1) is 0 Å². The number of aryl methyl sites for hydroxylation is 2. The van der Waals surface area contributed by atoms with E-state index in [1.165, 1.54) is 31.0 Å². The molecule has 2 unspecified atom stereocenters. The average molecular weight is 597 g/mol. The topological polar surface area (TPSA) is 186 Å². The molecular formula is C29H36N6O8. The smallest absolute Gasteiger partial charge is 0.315 e. The van der Waals surface area contributed by atoms with Crippen molar-refractivity contribution in [1.29, 1.82) is 0 Å². The van der Waals surface area contributed by atoms with Crippen LogP contribution in [0.5, 0.6) is 0 Å². The lowest BCUT2D eigenvalue weighted by molar-refractivity contribution is -0.144. The Bertz CT molecular complexity index is 1470. The summed E-state index contributed by atoms with van der Waals surface area (Å²) >= 11 is 0. The van der Waals surface area contributed by atoms with Crippen molar-refractivity contribution in [3.05, 3.63) is 58.7 Å². The molecule has 0 spiro atoms. The number of fused-ring (bicyclic) bond motifs is 2. The number of amides is 6. The lowest BCUT2D eigenvalue weighted by atomic mass is 9.87. The first-order chi connectivity index (χ1) is 20.2. The molecule has 2 aliphatic heterocycles. The van der Waals surface area contributed by atoms with Gasteiger partial charge >= 0.3 is 24.0 Å². The van der Waals surface area contributed by atoms with E-state index in [0.717, 1.165) is 11.1 Å². The van der Waals surface area contributed by atoms with Crippen LogP contribution in [0.1, 0.15) is 35.1 Å². The van der Waals surface area contributed by atoms with Crippen LogP contribution < -0.4 is 31.1 Å². The predicted molar refractivity (Wildman–Crippen MR) is 157 cm³/mol. The molecule has 0 bridgehead atoms. The lowest BCUT2D eigenvalue weighted by Gasteiger charge is -2.28. The van der Waals surface area contributed by atoms with Gasteiger partial charge in [-0.2, -0.15) is 0 Å². The summed E-state index contributed by atoms with van der Waals surface area (Å²) in [4.78, 5) is 74.7. The number of aliphatic carboxylic acids is 1. The van der Waals surface area contributed by atoms with Crippen molar-refractivity contribution in [2.75, 3.05) is 45.1 Å². The van der Waals surface area contributed by atoms with Crippen molar-refractivity contribution in [3.63, 3.8) is 0 Å². The third kappa shape index (κ3) is 5.94. The molecule has 14 nitrogen and oxygen atoms in total. The van der Waals surface area contributed by atoms with Gasteiger partial charge in [-0.25, -0.2) is 9.59 Å². The SMILES string of the molecule is CNC(=O)NC1(CC(=O)O)C(=O)N(C)c2cc(C)ccc21.CNC(=O)NC1(CC(=O)OC)C(=O)N(C)c2cc(C)ccc21. The van der Waals surface area contributed by atoms with Crippen LogP contribution in [0.25, 0.3) is 0 Å². The van der Waals surface area contributed by atoms with Crippen LogP contribution in [-0.4, -0.2) is 76.2 Å². The van der Waals surface area contributed by atoms with Crippen molar-refractivity contribution in [1.82, 2.24) is 21.3 Å². The molecule has 0 saturated heterocycles. The fourth-order valence-corrected chi connectivity index (χ4v) is 5.28. The number of carboxylic acids is 1. The summed E-state index contributed by atoms with van der Waals surface area (Å²) in [5.41, 5.74) is 1.25. The first kappa shape index (κ1) is 32.4. The second-order valence-electron chi connectivity index (χ2n) is 10.3. The highest BCUT2D eigenvalue weighted by molar-refractivity contribution is 6.11. The third-order valence-corrected chi connectivity index (χ3v) is 7.45. The number of esters is 1. The van der Waals surface area contributed by atoms with Crippen molar-refractivity contribution >= 4 is 47.2 Å². The number of carbonyl (C=O) groups is 6. The number of urea groups is 2. The average Bonchev–Trinajstić information content (AvgIpc) is 3.28. The van der Waals surface area contributed by atoms with Gasteiger partial charge in [-0.1, -0.05) is 24.3 Å². The number of nitrogens with zero attached hydrogens (tertiary/aromatic N) is 2. The minimum atomic E-state index is -1.58. The summed E-state index contributed by atoms with van der Waals surface area (Å²) in [6.45, 7) is 3.78. The van der Waals surface area contributed by atoms with E-state index < -0.39 is 47.4 Å². The number of carboxylic acid groups (broad SMARTS) is 1. The maximum absolute atomic E-state index is 12.8. The number of benzene rings is 2. The van der Waals surface area contributed by atoms with Crippen LogP contribution in [0, 0.1) is 13.8 Å². The normalized spacial score (nSPS) is 19.9. The minimum Gasteiger partial charge on any atom is -0.481 e. The molecule has 6 amide bonds. The van der Waals surface area contributed by atoms with E-state index in [2.05, 4.69) is 21.3 Å². The predicted octanol–water partition coefficient (Wildman–Crippen LogP) is 1.23. The molecule has 43 heavy (non-hydrogen) atoms. The zero-order chi connectivity index (χ0) is 32.3. The van der Waals surface area contributed by atoms with Crippen molar-refractivity contribution in [3.8, 4) is 0 Å². The summed E-state index contributed by atoms with van der Waals surface area (Å²) in [5, 5.41) is 19.1. The summed E-state index contributed by atoms with van der Waals surface area (Å²) in [5.74, 6) is -2.58. The monoisotopic (exact) mass is 596 g/mol. The number of rotatable bonds is 6. The molecule has 0 radical (unpaired) electrons. The highest BCUT2D eigenvalue weighted by atomic mass is 16.5. The Kier molecular flexibility index (Phi) is 9.33. The Hall–Kier alpha value is -5.14. The Labute approximate surface area is 248 Å². The second-order valence-corrected chi connectivity index (χ2v) is 10.3. The zero-order valence-electron chi connectivity index (χ0n) is 25.1. The molecule has 2 atom stereocenters. The maximum Gasteiger partial charge on any atom is 0.315 e. The van der Waals surface area contributed by atoms with Gasteiger partial charge in [0.15, 0.2) is 11.1 Å². The number of carbonyl (C=O) groups excluding carboxylic acids is 5. The van der Waals surface area contributed by atoms with Gasteiger partial charge in [0.2, 0.25) is 0 Å². The first-order valence-corrected chi connectivity index (χ1v) is 13.2. The summed E-state index contributed by atoms with van der Waals surface area (Å²) in [7, 11) is 7.28. The molecule has 2 aliphatic rings. The van der Waals surface area contributed by atoms with E-state index in [9.17, 15) is 28.8 Å². The van der Waals surface area contributed by atoms with Crippen molar-refractivity contribution < 1.29 is 38.6 Å². The van der Waals surface area contributed by atoms with Crippen LogP contribution in [0.4, 0.5) is 21.0 Å². The fraction of sp³-hybridized carbons (Fsp3) is 0.379. The molecule has 2 heterocycles. The van der Waals surface area contributed by atoms with Gasteiger partial charge in [0.05, 0.1) is 20.0 Å². The molecule has 230 valence electrons. The number of hydrogen-bond donors (Lipinski definition) is 5. The van der Waals surface area contributed by atoms with Crippen LogP contribution in [-0.2, 0) is 35.0 Å². The van der Waals surface area contributed by atoms with E-state index >= 15 is 0 Å². The van der Waals surface area contributed by atoms with Gasteiger partial charge < -0.3 is 40.9 Å². The number of hydrogen-bond acceptors (Lipinski definition) is 7. The molecule has 0 saturated carbocycles.